The van der Waals surface area contributed by atoms with Gasteiger partial charge in [0.25, 0.3) is 0 Å². The molecule has 3 heterocycles. The second-order valence-corrected chi connectivity index (χ2v) is 7.32. The highest BCUT2D eigenvalue weighted by atomic mass is 19.4. The average Bonchev–Trinajstić information content (AvgIpc) is 3.37. The Bertz CT molecular complexity index is 1150. The predicted molar refractivity (Wildman–Crippen MR) is 99.4 cm³/mol. The third-order valence-corrected chi connectivity index (χ3v) is 5.29. The number of benzene rings is 1. The van der Waals surface area contributed by atoms with Crippen molar-refractivity contribution in [3.05, 3.63) is 70.2 Å². The number of likely N-dealkylation sites (tertiary alicyclic amines) is 1. The normalized spacial score (nSPS) is 19.0. The highest BCUT2D eigenvalue weighted by molar-refractivity contribution is 5.79. The van der Waals surface area contributed by atoms with Gasteiger partial charge in [0.15, 0.2) is 5.41 Å². The molecular formula is C20H16F4N4O3. The van der Waals surface area contributed by atoms with E-state index < -0.39 is 42.2 Å². The van der Waals surface area contributed by atoms with Gasteiger partial charge in [-0.25, -0.2) is 4.39 Å². The van der Waals surface area contributed by atoms with Crippen LogP contribution in [0.1, 0.15) is 17.9 Å². The fraction of sp³-hybridized carbons (Fsp3) is 0.300. The minimum absolute atomic E-state index is 0.153. The van der Waals surface area contributed by atoms with Gasteiger partial charge in [-0.15, -0.1) is 0 Å². The van der Waals surface area contributed by atoms with Crippen molar-refractivity contribution >= 4 is 5.91 Å². The van der Waals surface area contributed by atoms with Crippen molar-refractivity contribution in [2.75, 3.05) is 13.1 Å². The molecule has 0 spiro atoms. The summed E-state index contributed by atoms with van der Waals surface area (Å²) in [6.45, 7) is -0.831. The van der Waals surface area contributed by atoms with Crippen LogP contribution in [0.25, 0.3) is 11.4 Å². The van der Waals surface area contributed by atoms with E-state index >= 15 is 0 Å². The summed E-state index contributed by atoms with van der Waals surface area (Å²) >= 11 is 0. The van der Waals surface area contributed by atoms with E-state index in [2.05, 4.69) is 15.1 Å². The Morgan fingerprint density at radius 3 is 2.74 bits per heavy atom. The van der Waals surface area contributed by atoms with Crippen molar-refractivity contribution in [2.45, 2.75) is 24.4 Å². The number of alkyl halides is 3. The molecule has 1 N–H and O–H groups in total. The van der Waals surface area contributed by atoms with E-state index in [9.17, 15) is 27.2 Å². The third kappa shape index (κ3) is 3.94. The van der Waals surface area contributed by atoms with Gasteiger partial charge in [0.05, 0.1) is 6.42 Å². The maximum Gasteiger partial charge on any atom is 0.405 e. The Balaban J connectivity index is 1.59. The lowest BCUT2D eigenvalue weighted by Gasteiger charge is -2.28. The largest absolute Gasteiger partial charge is 0.405 e. The van der Waals surface area contributed by atoms with Crippen LogP contribution in [0.2, 0.25) is 0 Å². The molecule has 0 bridgehead atoms. The summed E-state index contributed by atoms with van der Waals surface area (Å²) in [4.78, 5) is 31.1. The van der Waals surface area contributed by atoms with Gasteiger partial charge >= 0.3 is 6.18 Å². The molecule has 1 aromatic carbocycles. The first kappa shape index (κ1) is 20.8. The Morgan fingerprint density at radius 2 is 2.06 bits per heavy atom. The van der Waals surface area contributed by atoms with E-state index in [4.69, 9.17) is 4.52 Å². The molecule has 11 heteroatoms. The summed E-state index contributed by atoms with van der Waals surface area (Å²) in [6, 6.07) is 7.78. The van der Waals surface area contributed by atoms with Gasteiger partial charge < -0.3 is 14.4 Å². The highest BCUT2D eigenvalue weighted by Crippen LogP contribution is 2.47. The lowest BCUT2D eigenvalue weighted by atomic mass is 9.86. The number of aromatic amines is 1. The monoisotopic (exact) mass is 436 g/mol. The molecule has 4 rings (SSSR count). The van der Waals surface area contributed by atoms with Crippen molar-refractivity contribution in [2.24, 2.45) is 0 Å². The van der Waals surface area contributed by atoms with Gasteiger partial charge in [-0.2, -0.15) is 18.2 Å². The SMILES string of the molecule is O=C(Cc1ccc(=O)[nH]c1)N1CCC(c2nc(-c3cccc(F)c3)no2)(C(F)(F)F)C1. The molecule has 2 aromatic heterocycles. The fourth-order valence-corrected chi connectivity index (χ4v) is 3.55. The van der Waals surface area contributed by atoms with Crippen molar-refractivity contribution in [1.82, 2.24) is 20.0 Å². The van der Waals surface area contributed by atoms with Crippen molar-refractivity contribution in [3.8, 4) is 11.4 Å². The quantitative estimate of drug-likeness (QED) is 0.635. The number of hydrogen-bond donors (Lipinski definition) is 1. The van der Waals surface area contributed by atoms with E-state index in [1.165, 1.54) is 36.5 Å². The molecule has 162 valence electrons. The Kier molecular flexibility index (Phi) is 5.11. The number of carbonyl (C=O) groups is 1. The number of amides is 1. The van der Waals surface area contributed by atoms with E-state index in [1.807, 2.05) is 0 Å². The molecule has 1 unspecified atom stereocenters. The summed E-state index contributed by atoms with van der Waals surface area (Å²) in [7, 11) is 0. The number of H-pyrrole nitrogens is 1. The summed E-state index contributed by atoms with van der Waals surface area (Å²) < 4.78 is 60.7. The van der Waals surface area contributed by atoms with Gasteiger partial charge in [-0.3, -0.25) is 9.59 Å². The third-order valence-electron chi connectivity index (χ3n) is 5.29. The number of carbonyl (C=O) groups excluding carboxylic acids is 1. The van der Waals surface area contributed by atoms with Crippen molar-refractivity contribution < 1.29 is 26.9 Å². The lowest BCUT2D eigenvalue weighted by Crippen LogP contribution is -2.46. The average molecular weight is 436 g/mol. The standard InChI is InChI=1S/C20H16F4N4O3/c21-14-3-1-2-13(9-14)17-26-18(31-27-17)19(20(22,23)24)6-7-28(11-19)16(30)8-12-4-5-15(29)25-10-12/h1-5,9-10H,6-8,11H2,(H,25,29). The maximum atomic E-state index is 14.1. The maximum absolute atomic E-state index is 14.1. The summed E-state index contributed by atoms with van der Waals surface area (Å²) in [5.41, 5.74) is -2.22. The van der Waals surface area contributed by atoms with Crippen molar-refractivity contribution in [3.63, 3.8) is 0 Å². The van der Waals surface area contributed by atoms with Crippen LogP contribution in [-0.4, -0.2) is 45.2 Å². The van der Waals surface area contributed by atoms with Crippen LogP contribution in [0.3, 0.4) is 0 Å². The van der Waals surface area contributed by atoms with Crippen LogP contribution in [-0.2, 0) is 16.6 Å². The van der Waals surface area contributed by atoms with Crippen LogP contribution in [0.4, 0.5) is 17.6 Å². The number of halogens is 4. The fourth-order valence-electron chi connectivity index (χ4n) is 3.55. The Morgan fingerprint density at radius 1 is 1.26 bits per heavy atom. The number of nitrogens with zero attached hydrogens (tertiary/aromatic N) is 3. The molecular weight excluding hydrogens is 420 g/mol. The second-order valence-electron chi connectivity index (χ2n) is 7.32. The van der Waals surface area contributed by atoms with Crippen LogP contribution in [0.15, 0.2) is 51.9 Å². The predicted octanol–water partition coefficient (Wildman–Crippen LogP) is 2.84. The van der Waals surface area contributed by atoms with Crippen LogP contribution >= 0.6 is 0 Å². The minimum atomic E-state index is -4.76. The van der Waals surface area contributed by atoms with Gasteiger partial charge in [0.2, 0.25) is 23.2 Å². The van der Waals surface area contributed by atoms with Gasteiger partial charge in [-0.1, -0.05) is 23.4 Å². The first-order valence-corrected chi connectivity index (χ1v) is 9.30. The molecule has 1 atom stereocenters. The summed E-state index contributed by atoms with van der Waals surface area (Å²) in [6.07, 6.45) is -4.02. The second kappa shape index (κ2) is 7.64. The molecule has 1 fully saturated rings. The van der Waals surface area contributed by atoms with E-state index in [-0.39, 0.29) is 29.9 Å². The molecule has 0 saturated carbocycles. The zero-order valence-electron chi connectivity index (χ0n) is 15.9. The van der Waals surface area contributed by atoms with Crippen LogP contribution in [0, 0.1) is 5.82 Å². The minimum Gasteiger partial charge on any atom is -0.341 e. The Hall–Kier alpha value is -3.50. The Labute approximate surface area is 172 Å². The topological polar surface area (TPSA) is 92.1 Å². The van der Waals surface area contributed by atoms with Crippen molar-refractivity contribution in [1.29, 1.82) is 0 Å². The number of rotatable bonds is 4. The molecule has 1 amide bonds. The molecule has 1 saturated heterocycles. The first-order valence-electron chi connectivity index (χ1n) is 9.30. The van der Waals surface area contributed by atoms with E-state index in [0.717, 1.165) is 11.0 Å². The van der Waals surface area contributed by atoms with Crippen LogP contribution < -0.4 is 5.56 Å². The number of pyridine rings is 1. The van der Waals surface area contributed by atoms with E-state index in [0.29, 0.717) is 5.56 Å². The molecule has 0 aliphatic carbocycles. The first-order chi connectivity index (χ1) is 14.7. The molecule has 3 aromatic rings. The zero-order chi connectivity index (χ0) is 22.2. The lowest BCUT2D eigenvalue weighted by molar-refractivity contribution is -0.193. The van der Waals surface area contributed by atoms with Crippen LogP contribution in [0.5, 0.6) is 0 Å². The van der Waals surface area contributed by atoms with E-state index in [1.54, 1.807) is 0 Å². The molecule has 1 aliphatic heterocycles. The highest BCUT2D eigenvalue weighted by Gasteiger charge is 2.63. The molecule has 1 aliphatic rings. The molecule has 0 radical (unpaired) electrons. The van der Waals surface area contributed by atoms with Gasteiger partial charge in [0, 0.05) is 30.9 Å². The molecule has 7 nitrogen and oxygen atoms in total. The molecule has 31 heavy (non-hydrogen) atoms. The number of nitrogens with one attached hydrogen (secondary N) is 1. The van der Waals surface area contributed by atoms with Gasteiger partial charge in [-0.05, 0) is 24.1 Å². The zero-order valence-corrected chi connectivity index (χ0v) is 15.9. The summed E-state index contributed by atoms with van der Waals surface area (Å²) in [5, 5.41) is 3.59. The van der Waals surface area contributed by atoms with Gasteiger partial charge in [0.1, 0.15) is 5.82 Å². The smallest absolute Gasteiger partial charge is 0.341 e. The number of hydrogen-bond acceptors (Lipinski definition) is 5. The number of aromatic nitrogens is 3. The summed E-state index contributed by atoms with van der Waals surface area (Å²) in [5.74, 6) is -1.95.